The molecule has 0 bridgehead atoms. The van der Waals surface area contributed by atoms with Gasteiger partial charge in [0.25, 0.3) is 0 Å². The summed E-state index contributed by atoms with van der Waals surface area (Å²) in [6.07, 6.45) is -0.823. The molecule has 10 nitrogen and oxygen atoms in total. The maximum atomic E-state index is 13.4. The van der Waals surface area contributed by atoms with Crippen molar-refractivity contribution in [2.75, 3.05) is 37.4 Å². The molecule has 0 aromatic heterocycles. The van der Waals surface area contributed by atoms with Crippen LogP contribution in [0.5, 0.6) is 5.75 Å². The summed E-state index contributed by atoms with van der Waals surface area (Å²) in [6, 6.07) is 13.4. The number of sulfonamides is 1. The molecule has 3 N–H and O–H groups in total. The second-order valence-corrected chi connectivity index (χ2v) is 12.6. The number of hydrogen-bond donors (Lipinski definition) is 3. The minimum Gasteiger partial charge on any atom is -0.488 e. The molecule has 1 aliphatic heterocycles. The van der Waals surface area contributed by atoms with Crippen LogP contribution in [0.15, 0.2) is 71.6 Å². The molecule has 230 valence electrons. The topological polar surface area (TPSA) is 128 Å². The Hall–Kier alpha value is -4.07. The predicted molar refractivity (Wildman–Crippen MR) is 157 cm³/mol. The normalized spacial score (nSPS) is 18.1. The van der Waals surface area contributed by atoms with E-state index in [1.54, 1.807) is 25.1 Å². The Morgan fingerprint density at radius 3 is 2.26 bits per heavy atom. The van der Waals surface area contributed by atoms with Gasteiger partial charge in [0.2, 0.25) is 15.9 Å². The van der Waals surface area contributed by atoms with Crippen LogP contribution in [-0.2, 0) is 21.2 Å². The summed E-state index contributed by atoms with van der Waals surface area (Å²) in [5.74, 6) is -1.31. The van der Waals surface area contributed by atoms with Crippen molar-refractivity contribution in [2.45, 2.75) is 37.3 Å². The van der Waals surface area contributed by atoms with Crippen molar-refractivity contribution in [1.82, 2.24) is 9.21 Å². The number of aliphatic hydroxyl groups is 1. The fourth-order valence-electron chi connectivity index (χ4n) is 4.69. The van der Waals surface area contributed by atoms with Gasteiger partial charge < -0.3 is 25.4 Å². The van der Waals surface area contributed by atoms with Crippen molar-refractivity contribution >= 4 is 33.3 Å². The second kappa shape index (κ2) is 13.5. The SMILES string of the molecule is C[C@@H]1CN([C@@H](C)CO)C(=O)Cc2cc(NC(=O)Nc3ccc(F)cc3)ccc2O[C@@H]1CN(C)S(=O)(=O)c1ccc(F)cc1. The van der Waals surface area contributed by atoms with Crippen molar-refractivity contribution in [2.24, 2.45) is 5.92 Å². The highest BCUT2D eigenvalue weighted by Gasteiger charge is 2.33. The van der Waals surface area contributed by atoms with Gasteiger partial charge in [-0.3, -0.25) is 4.79 Å². The van der Waals surface area contributed by atoms with Gasteiger partial charge in [-0.1, -0.05) is 6.92 Å². The van der Waals surface area contributed by atoms with Gasteiger partial charge in [-0.25, -0.2) is 22.0 Å². The van der Waals surface area contributed by atoms with Gasteiger partial charge in [0, 0.05) is 36.4 Å². The van der Waals surface area contributed by atoms with Gasteiger partial charge in [0.05, 0.1) is 30.5 Å². The highest BCUT2D eigenvalue weighted by molar-refractivity contribution is 7.89. The molecule has 0 spiro atoms. The van der Waals surface area contributed by atoms with Gasteiger partial charge in [-0.2, -0.15) is 4.31 Å². The molecule has 1 aliphatic rings. The number of halogens is 2. The Bertz CT molecular complexity index is 1550. The number of anilines is 2. The van der Waals surface area contributed by atoms with Gasteiger partial charge >= 0.3 is 6.03 Å². The summed E-state index contributed by atoms with van der Waals surface area (Å²) < 4.78 is 60.6. The number of rotatable bonds is 8. The second-order valence-electron chi connectivity index (χ2n) is 10.5. The highest BCUT2D eigenvalue weighted by atomic mass is 32.2. The molecule has 3 amide bonds. The number of urea groups is 1. The van der Waals surface area contributed by atoms with E-state index in [-0.39, 0.29) is 42.8 Å². The number of carbonyl (C=O) groups is 2. The summed E-state index contributed by atoms with van der Waals surface area (Å²) >= 11 is 0. The van der Waals surface area contributed by atoms with Crippen molar-refractivity contribution in [1.29, 1.82) is 0 Å². The number of amides is 3. The Labute approximate surface area is 249 Å². The lowest BCUT2D eigenvalue weighted by atomic mass is 10.0. The molecule has 0 radical (unpaired) electrons. The van der Waals surface area contributed by atoms with E-state index in [0.717, 1.165) is 16.4 Å². The molecule has 0 saturated heterocycles. The van der Waals surface area contributed by atoms with E-state index in [2.05, 4.69) is 10.6 Å². The summed E-state index contributed by atoms with van der Waals surface area (Å²) in [6.45, 7) is 3.36. The molecule has 0 fully saturated rings. The molecule has 43 heavy (non-hydrogen) atoms. The maximum Gasteiger partial charge on any atom is 0.323 e. The minimum atomic E-state index is -3.99. The number of aliphatic hydroxyl groups excluding tert-OH is 1. The number of benzene rings is 3. The molecular weight excluding hydrogens is 582 g/mol. The molecule has 0 aliphatic carbocycles. The first kappa shape index (κ1) is 31.9. The van der Waals surface area contributed by atoms with Gasteiger partial charge in [-0.15, -0.1) is 0 Å². The summed E-state index contributed by atoms with van der Waals surface area (Å²) in [5, 5.41) is 15.1. The molecular formula is C30H34F2N4O6S. The van der Waals surface area contributed by atoms with Crippen LogP contribution in [-0.4, -0.2) is 73.6 Å². The van der Waals surface area contributed by atoms with Gasteiger partial charge in [0.1, 0.15) is 23.5 Å². The van der Waals surface area contributed by atoms with E-state index < -0.39 is 39.8 Å². The first-order chi connectivity index (χ1) is 20.4. The van der Waals surface area contributed by atoms with E-state index in [1.807, 2.05) is 6.92 Å². The van der Waals surface area contributed by atoms with Crippen LogP contribution in [0.2, 0.25) is 0 Å². The van der Waals surface area contributed by atoms with Crippen LogP contribution in [0.1, 0.15) is 19.4 Å². The monoisotopic (exact) mass is 616 g/mol. The zero-order valence-electron chi connectivity index (χ0n) is 24.0. The van der Waals surface area contributed by atoms with E-state index in [9.17, 15) is 31.9 Å². The molecule has 13 heteroatoms. The molecule has 3 atom stereocenters. The third-order valence-electron chi connectivity index (χ3n) is 7.24. The van der Waals surface area contributed by atoms with Gasteiger partial charge in [-0.05, 0) is 73.7 Å². The third-order valence-corrected chi connectivity index (χ3v) is 9.07. The van der Waals surface area contributed by atoms with Crippen LogP contribution in [0.25, 0.3) is 0 Å². The Balaban J connectivity index is 1.61. The average molecular weight is 617 g/mol. The van der Waals surface area contributed by atoms with Crippen molar-refractivity contribution in [3.63, 3.8) is 0 Å². The van der Waals surface area contributed by atoms with E-state index in [4.69, 9.17) is 4.74 Å². The molecule has 4 rings (SSSR count). The van der Waals surface area contributed by atoms with Crippen LogP contribution in [0.4, 0.5) is 25.0 Å². The maximum absolute atomic E-state index is 13.4. The minimum absolute atomic E-state index is 0.0761. The number of nitrogens with one attached hydrogen (secondary N) is 2. The highest BCUT2D eigenvalue weighted by Crippen LogP contribution is 2.30. The zero-order chi connectivity index (χ0) is 31.3. The van der Waals surface area contributed by atoms with E-state index in [0.29, 0.717) is 22.7 Å². The Kier molecular flexibility index (Phi) is 9.99. The number of carbonyl (C=O) groups excluding carboxylic acids is 2. The van der Waals surface area contributed by atoms with Crippen molar-refractivity contribution < 1.29 is 36.6 Å². The zero-order valence-corrected chi connectivity index (χ0v) is 24.8. The lowest BCUT2D eigenvalue weighted by Crippen LogP contribution is -2.48. The predicted octanol–water partition coefficient (Wildman–Crippen LogP) is 4.08. The lowest BCUT2D eigenvalue weighted by Gasteiger charge is -2.33. The number of hydrogen-bond acceptors (Lipinski definition) is 6. The van der Waals surface area contributed by atoms with Crippen LogP contribution in [0.3, 0.4) is 0 Å². The first-order valence-corrected chi connectivity index (χ1v) is 15.1. The van der Waals surface area contributed by atoms with Crippen LogP contribution < -0.4 is 15.4 Å². The lowest BCUT2D eigenvalue weighted by molar-refractivity contribution is -0.134. The summed E-state index contributed by atoms with van der Waals surface area (Å²) in [7, 11) is -2.59. The van der Waals surface area contributed by atoms with E-state index in [1.165, 1.54) is 48.3 Å². The van der Waals surface area contributed by atoms with E-state index >= 15 is 0 Å². The number of fused-ring (bicyclic) bond motifs is 1. The quantitative estimate of drug-likeness (QED) is 0.350. The number of likely N-dealkylation sites (N-methyl/N-ethyl adjacent to an activating group) is 1. The van der Waals surface area contributed by atoms with Crippen molar-refractivity contribution in [3.8, 4) is 5.75 Å². The Morgan fingerprint density at radius 2 is 1.63 bits per heavy atom. The van der Waals surface area contributed by atoms with Crippen molar-refractivity contribution in [3.05, 3.63) is 83.9 Å². The fourth-order valence-corrected chi connectivity index (χ4v) is 5.87. The van der Waals surface area contributed by atoms with Crippen LogP contribution >= 0.6 is 0 Å². The number of ether oxygens (including phenoxy) is 1. The number of nitrogens with zero attached hydrogens (tertiary/aromatic N) is 2. The molecule has 1 heterocycles. The fraction of sp³-hybridized carbons (Fsp3) is 0.333. The molecule has 0 unspecified atom stereocenters. The first-order valence-electron chi connectivity index (χ1n) is 13.6. The molecule has 0 saturated carbocycles. The smallest absolute Gasteiger partial charge is 0.323 e. The summed E-state index contributed by atoms with van der Waals surface area (Å²) in [5.41, 5.74) is 1.18. The molecule has 3 aromatic carbocycles. The Morgan fingerprint density at radius 1 is 1.05 bits per heavy atom. The molecule has 3 aromatic rings. The summed E-state index contributed by atoms with van der Waals surface area (Å²) in [4.78, 5) is 27.5. The third kappa shape index (κ3) is 7.86. The van der Waals surface area contributed by atoms with Gasteiger partial charge in [0.15, 0.2) is 0 Å². The van der Waals surface area contributed by atoms with Crippen LogP contribution in [0, 0.1) is 17.6 Å². The average Bonchev–Trinajstić information content (AvgIpc) is 3.01. The largest absolute Gasteiger partial charge is 0.488 e. The standard InChI is InChI=1S/C30H34F2N4O6S/c1-19-16-36(20(2)18-37)29(38)15-21-14-25(34-30(39)33-24-8-4-22(31)5-9-24)10-13-27(21)42-28(19)17-35(3)43(40,41)26-11-6-23(32)7-12-26/h4-14,19-20,28,37H,15-18H2,1-3H3,(H2,33,34,39)/t19-,20+,28-/m1/s1.